The van der Waals surface area contributed by atoms with Crippen molar-refractivity contribution in [2.45, 2.75) is 17.7 Å². The highest BCUT2D eigenvalue weighted by Crippen LogP contribution is 2.24. The number of hydrogen-bond donors (Lipinski definition) is 1. The van der Waals surface area contributed by atoms with Crippen LogP contribution in [0.3, 0.4) is 0 Å². The monoisotopic (exact) mass is 499 g/mol. The van der Waals surface area contributed by atoms with E-state index in [0.29, 0.717) is 46.3 Å². The third kappa shape index (κ3) is 6.77. The highest BCUT2D eigenvalue weighted by molar-refractivity contribution is 8.00. The number of nitrogens with zero attached hydrogens (tertiary/aromatic N) is 4. The summed E-state index contributed by atoms with van der Waals surface area (Å²) >= 11 is 1.23. The highest BCUT2D eigenvalue weighted by Gasteiger charge is 2.15. The van der Waals surface area contributed by atoms with Gasteiger partial charge in [-0.2, -0.15) is 10.2 Å². The van der Waals surface area contributed by atoms with Crippen LogP contribution in [0.15, 0.2) is 82.5 Å². The lowest BCUT2D eigenvalue weighted by Gasteiger charge is -2.10. The Bertz CT molecular complexity index is 1380. The molecule has 0 fully saturated rings. The Kier molecular flexibility index (Phi) is 8.40. The summed E-state index contributed by atoms with van der Waals surface area (Å²) in [4.78, 5) is 34.0. The van der Waals surface area contributed by atoms with E-state index in [1.54, 1.807) is 67.0 Å². The summed E-state index contributed by atoms with van der Waals surface area (Å²) in [5.41, 5.74) is 2.15. The van der Waals surface area contributed by atoms with Crippen LogP contribution in [-0.4, -0.2) is 39.4 Å². The molecular weight excluding hydrogens is 478 g/mol. The first kappa shape index (κ1) is 24.6. The van der Waals surface area contributed by atoms with E-state index in [1.165, 1.54) is 11.8 Å². The molecule has 0 saturated heterocycles. The summed E-state index contributed by atoms with van der Waals surface area (Å²) in [7, 11) is 0. The number of hydrogen-bond acceptors (Lipinski definition) is 9. The normalized spacial score (nSPS) is 10.4. The van der Waals surface area contributed by atoms with E-state index in [0.717, 1.165) is 5.56 Å². The first-order chi connectivity index (χ1) is 17.6. The number of rotatable bonds is 10. The Morgan fingerprint density at radius 3 is 2.83 bits per heavy atom. The van der Waals surface area contributed by atoms with Gasteiger partial charge in [-0.25, -0.2) is 4.79 Å². The molecule has 0 unspecified atom stereocenters. The largest absolute Gasteiger partial charge is 0.462 e. The molecule has 0 spiro atoms. The fraction of sp³-hybridized carbons (Fsp3) is 0.154. The number of nitrogens with one attached hydrogen (secondary N) is 1. The van der Waals surface area contributed by atoms with Crippen LogP contribution in [-0.2, 0) is 16.0 Å². The molecule has 0 atom stereocenters. The molecule has 2 aromatic heterocycles. The fourth-order valence-corrected chi connectivity index (χ4v) is 4.04. The van der Waals surface area contributed by atoms with Crippen LogP contribution in [0.2, 0.25) is 0 Å². The first-order valence-electron chi connectivity index (χ1n) is 11.0. The summed E-state index contributed by atoms with van der Waals surface area (Å²) in [6.45, 7) is 0.179. The standard InChI is InChI=1S/C26H21N5O4S/c27-15-18-6-3-8-20(14-18)29-23(32)17-36-22-10-2-1-9-21(22)26(33)34-13-5-11-24-30-25(31-35-24)19-7-4-12-28-16-19/h1-4,6-10,12,14,16H,5,11,13,17H2,(H,29,32). The number of carbonyl (C=O) groups is 2. The van der Waals surface area contributed by atoms with Gasteiger partial charge in [0, 0.05) is 35.0 Å². The van der Waals surface area contributed by atoms with Gasteiger partial charge in [-0.15, -0.1) is 11.8 Å². The second kappa shape index (κ2) is 12.3. The van der Waals surface area contributed by atoms with Gasteiger partial charge in [0.05, 0.1) is 29.6 Å². The number of ether oxygens (including phenoxy) is 1. The van der Waals surface area contributed by atoms with E-state index in [9.17, 15) is 9.59 Å². The van der Waals surface area contributed by atoms with Gasteiger partial charge < -0.3 is 14.6 Å². The minimum atomic E-state index is -0.471. The van der Waals surface area contributed by atoms with E-state index in [-0.39, 0.29) is 18.3 Å². The molecule has 0 bridgehead atoms. The minimum absolute atomic E-state index is 0.0947. The summed E-state index contributed by atoms with van der Waals surface area (Å²) < 4.78 is 10.7. The molecule has 9 nitrogen and oxygen atoms in total. The molecule has 2 aromatic carbocycles. The number of esters is 1. The van der Waals surface area contributed by atoms with Gasteiger partial charge in [-0.1, -0.05) is 23.4 Å². The van der Waals surface area contributed by atoms with Crippen LogP contribution in [0.1, 0.15) is 28.2 Å². The van der Waals surface area contributed by atoms with Crippen LogP contribution < -0.4 is 5.32 Å². The number of carbonyl (C=O) groups excluding carboxylic acids is 2. The van der Waals surface area contributed by atoms with Crippen molar-refractivity contribution in [1.82, 2.24) is 15.1 Å². The van der Waals surface area contributed by atoms with Gasteiger partial charge in [0.25, 0.3) is 0 Å². The van der Waals surface area contributed by atoms with Crippen molar-refractivity contribution < 1.29 is 18.8 Å². The molecule has 36 heavy (non-hydrogen) atoms. The number of thioether (sulfide) groups is 1. The molecule has 2 heterocycles. The van der Waals surface area contributed by atoms with Crippen LogP contribution in [0, 0.1) is 11.3 Å². The number of nitriles is 1. The zero-order valence-corrected chi connectivity index (χ0v) is 19.9. The van der Waals surface area contributed by atoms with Gasteiger partial charge in [-0.05, 0) is 48.9 Å². The molecular formula is C26H21N5O4S. The zero-order chi connectivity index (χ0) is 25.2. The molecule has 0 aliphatic carbocycles. The maximum atomic E-state index is 12.6. The Balaban J connectivity index is 1.25. The number of pyridine rings is 1. The van der Waals surface area contributed by atoms with Crippen LogP contribution >= 0.6 is 11.8 Å². The van der Waals surface area contributed by atoms with Crippen molar-refractivity contribution in [2.24, 2.45) is 0 Å². The number of anilines is 1. The Hall–Kier alpha value is -4.49. The lowest BCUT2D eigenvalue weighted by atomic mass is 10.2. The first-order valence-corrected chi connectivity index (χ1v) is 12.0. The maximum Gasteiger partial charge on any atom is 0.339 e. The van der Waals surface area contributed by atoms with Gasteiger partial charge in [0.2, 0.25) is 17.6 Å². The molecule has 0 radical (unpaired) electrons. The molecule has 4 rings (SSSR count). The van der Waals surface area contributed by atoms with Gasteiger partial charge in [0.1, 0.15) is 0 Å². The maximum absolute atomic E-state index is 12.6. The van der Waals surface area contributed by atoms with Crippen LogP contribution in [0.5, 0.6) is 0 Å². The smallest absolute Gasteiger partial charge is 0.339 e. The number of aryl methyl sites for hydroxylation is 1. The van der Waals surface area contributed by atoms with Crippen LogP contribution in [0.4, 0.5) is 5.69 Å². The minimum Gasteiger partial charge on any atom is -0.462 e. The second-order valence-corrected chi connectivity index (χ2v) is 8.54. The predicted molar refractivity (Wildman–Crippen MR) is 133 cm³/mol. The Labute approximate surface area is 211 Å². The molecule has 0 saturated carbocycles. The van der Waals surface area contributed by atoms with Crippen molar-refractivity contribution in [1.29, 1.82) is 5.26 Å². The third-order valence-electron chi connectivity index (χ3n) is 4.90. The van der Waals surface area contributed by atoms with Gasteiger partial charge in [-0.3, -0.25) is 9.78 Å². The fourth-order valence-electron chi connectivity index (χ4n) is 3.20. The molecule has 0 aliphatic heterocycles. The Morgan fingerprint density at radius 2 is 2.00 bits per heavy atom. The predicted octanol–water partition coefficient (Wildman–Crippen LogP) is 4.52. The van der Waals surface area contributed by atoms with Gasteiger partial charge >= 0.3 is 5.97 Å². The van der Waals surface area contributed by atoms with Crippen molar-refractivity contribution in [2.75, 3.05) is 17.7 Å². The van der Waals surface area contributed by atoms with E-state index in [1.807, 2.05) is 12.1 Å². The summed E-state index contributed by atoms with van der Waals surface area (Å²) in [5, 5.41) is 15.7. The van der Waals surface area contributed by atoms with E-state index in [2.05, 4.69) is 20.4 Å². The summed E-state index contributed by atoms with van der Waals surface area (Å²) in [6.07, 6.45) is 4.30. The van der Waals surface area contributed by atoms with Crippen LogP contribution in [0.25, 0.3) is 11.4 Å². The SMILES string of the molecule is N#Cc1cccc(NC(=O)CSc2ccccc2C(=O)OCCCc2nc(-c3cccnc3)no2)c1. The highest BCUT2D eigenvalue weighted by atomic mass is 32.2. The lowest BCUT2D eigenvalue weighted by Crippen LogP contribution is -2.14. The molecule has 1 amide bonds. The Morgan fingerprint density at radius 1 is 1.11 bits per heavy atom. The number of benzene rings is 2. The quantitative estimate of drug-likeness (QED) is 0.190. The van der Waals surface area contributed by atoms with Gasteiger partial charge in [0.15, 0.2) is 0 Å². The van der Waals surface area contributed by atoms with E-state index < -0.39 is 5.97 Å². The number of aromatic nitrogens is 3. The molecule has 180 valence electrons. The number of amides is 1. The summed E-state index contributed by atoms with van der Waals surface area (Å²) in [6, 6.07) is 19.3. The molecule has 1 N–H and O–H groups in total. The van der Waals surface area contributed by atoms with Crippen molar-refractivity contribution in [3.63, 3.8) is 0 Å². The van der Waals surface area contributed by atoms with Crippen molar-refractivity contribution >= 4 is 29.3 Å². The second-order valence-electron chi connectivity index (χ2n) is 7.52. The molecule has 4 aromatic rings. The lowest BCUT2D eigenvalue weighted by molar-refractivity contribution is -0.113. The molecule has 0 aliphatic rings. The summed E-state index contributed by atoms with van der Waals surface area (Å²) in [5.74, 6) is 0.289. The average molecular weight is 500 g/mol. The topological polar surface area (TPSA) is 131 Å². The van der Waals surface area contributed by atoms with Crippen molar-refractivity contribution in [3.05, 3.63) is 90.1 Å². The van der Waals surface area contributed by atoms with E-state index in [4.69, 9.17) is 14.5 Å². The zero-order valence-electron chi connectivity index (χ0n) is 19.1. The third-order valence-corrected chi connectivity index (χ3v) is 5.97. The molecule has 10 heteroatoms. The van der Waals surface area contributed by atoms with E-state index >= 15 is 0 Å². The average Bonchev–Trinajstić information content (AvgIpc) is 3.39. The van der Waals surface area contributed by atoms with Crippen molar-refractivity contribution in [3.8, 4) is 17.5 Å².